The molecule has 250 valence electrons. The number of rotatable bonds is 9. The minimum atomic E-state index is -0.294. The van der Waals surface area contributed by atoms with Gasteiger partial charge in [-0.15, -0.1) is 0 Å². The standard InChI is InChI=1S/C40H40N4O5/c1-42-34(22-28-8-6-5-7-9-28)39(46)43(2)35(40(42)47)23-29-10-14-30(15-11-29)38(45)41-33-16-12-27(13-17-33)18-20-44-21-19-31-24-36(48-3)37(49-4)25-32(31)26-44/h5-17,22-25H,18-21,26H2,1-4H3,(H,41,45)/b34-22-,35-23-. The Morgan fingerprint density at radius 1 is 0.755 bits per heavy atom. The SMILES string of the molecule is COc1cc2c(cc1OC)CN(CCc1ccc(NC(=O)c3ccc(/C=c4/c(=O)n(C)/c(=C\c5ccccc5)c(=O)n4C)cc3)cc1)CC2. The summed E-state index contributed by atoms with van der Waals surface area (Å²) in [5, 5.41) is 3.52. The Morgan fingerprint density at radius 3 is 1.92 bits per heavy atom. The summed E-state index contributed by atoms with van der Waals surface area (Å²) in [5.41, 5.74) is 5.93. The molecule has 1 amide bonds. The summed E-state index contributed by atoms with van der Waals surface area (Å²) in [6.45, 7) is 2.79. The highest BCUT2D eigenvalue weighted by molar-refractivity contribution is 6.04. The lowest BCUT2D eigenvalue weighted by molar-refractivity contribution is 0.102. The molecule has 0 spiro atoms. The number of carbonyl (C=O) groups is 1. The second-order valence-corrected chi connectivity index (χ2v) is 12.2. The molecule has 0 saturated carbocycles. The third kappa shape index (κ3) is 7.42. The molecule has 0 radical (unpaired) electrons. The highest BCUT2D eigenvalue weighted by Gasteiger charge is 2.19. The molecule has 5 aromatic rings. The van der Waals surface area contributed by atoms with E-state index in [9.17, 15) is 14.4 Å². The monoisotopic (exact) mass is 656 g/mol. The molecule has 0 bridgehead atoms. The minimum absolute atomic E-state index is 0.234. The molecule has 0 saturated heterocycles. The van der Waals surface area contributed by atoms with Crippen molar-refractivity contribution in [3.63, 3.8) is 0 Å². The maximum Gasteiger partial charge on any atom is 0.274 e. The maximum absolute atomic E-state index is 13.2. The number of methoxy groups -OCH3 is 2. The fourth-order valence-electron chi connectivity index (χ4n) is 6.14. The Labute approximate surface area is 285 Å². The maximum atomic E-state index is 13.2. The van der Waals surface area contributed by atoms with E-state index in [0.29, 0.717) is 22.2 Å². The van der Waals surface area contributed by atoms with Crippen molar-refractivity contribution in [2.75, 3.05) is 32.6 Å². The van der Waals surface area contributed by atoms with E-state index >= 15 is 0 Å². The van der Waals surface area contributed by atoms with Gasteiger partial charge in [-0.25, -0.2) is 0 Å². The molecule has 0 atom stereocenters. The van der Waals surface area contributed by atoms with Crippen LogP contribution in [0.2, 0.25) is 0 Å². The number of aromatic nitrogens is 2. The molecule has 1 aromatic heterocycles. The van der Waals surface area contributed by atoms with E-state index in [4.69, 9.17) is 9.47 Å². The van der Waals surface area contributed by atoms with Crippen molar-refractivity contribution in [2.45, 2.75) is 19.4 Å². The van der Waals surface area contributed by atoms with Crippen LogP contribution in [0.15, 0.2) is 101 Å². The Kier molecular flexibility index (Phi) is 9.92. The van der Waals surface area contributed by atoms with Crippen molar-refractivity contribution in [1.82, 2.24) is 14.0 Å². The zero-order valence-corrected chi connectivity index (χ0v) is 28.2. The quantitative estimate of drug-likeness (QED) is 0.261. The lowest BCUT2D eigenvalue weighted by atomic mass is 9.98. The second kappa shape index (κ2) is 14.6. The van der Waals surface area contributed by atoms with Crippen LogP contribution >= 0.6 is 0 Å². The summed E-state index contributed by atoms with van der Waals surface area (Å²) in [7, 11) is 6.52. The number of anilines is 1. The predicted molar refractivity (Wildman–Crippen MR) is 193 cm³/mol. The minimum Gasteiger partial charge on any atom is -0.493 e. The number of nitrogens with one attached hydrogen (secondary N) is 1. The van der Waals surface area contributed by atoms with E-state index in [1.54, 1.807) is 64.7 Å². The van der Waals surface area contributed by atoms with Gasteiger partial charge >= 0.3 is 0 Å². The molecule has 9 heteroatoms. The van der Waals surface area contributed by atoms with Crippen LogP contribution in [0.5, 0.6) is 11.5 Å². The van der Waals surface area contributed by atoms with Crippen molar-refractivity contribution < 1.29 is 14.3 Å². The number of nitrogens with zero attached hydrogens (tertiary/aromatic N) is 3. The largest absolute Gasteiger partial charge is 0.493 e. The molecule has 49 heavy (non-hydrogen) atoms. The summed E-state index contributed by atoms with van der Waals surface area (Å²) >= 11 is 0. The summed E-state index contributed by atoms with van der Waals surface area (Å²) in [6, 6.07) is 28.5. The van der Waals surface area contributed by atoms with Gasteiger partial charge in [-0.05, 0) is 89.2 Å². The fraction of sp³-hybridized carbons (Fsp3) is 0.225. The van der Waals surface area contributed by atoms with E-state index in [1.807, 2.05) is 54.6 Å². The topological polar surface area (TPSA) is 94.8 Å². The third-order valence-electron chi connectivity index (χ3n) is 9.08. The molecule has 1 N–H and O–H groups in total. The summed E-state index contributed by atoms with van der Waals surface area (Å²) in [5.74, 6) is 1.30. The summed E-state index contributed by atoms with van der Waals surface area (Å²) < 4.78 is 13.7. The Hall–Kier alpha value is -5.67. The first-order valence-electron chi connectivity index (χ1n) is 16.2. The van der Waals surface area contributed by atoms with E-state index in [1.165, 1.54) is 25.8 Å². The van der Waals surface area contributed by atoms with Gasteiger partial charge in [0.1, 0.15) is 10.7 Å². The van der Waals surface area contributed by atoms with Crippen LogP contribution in [0.1, 0.15) is 38.2 Å². The van der Waals surface area contributed by atoms with Crippen molar-refractivity contribution >= 4 is 23.7 Å². The molecule has 6 rings (SSSR count). The third-order valence-corrected chi connectivity index (χ3v) is 9.08. The second-order valence-electron chi connectivity index (χ2n) is 12.2. The van der Waals surface area contributed by atoms with Gasteiger partial charge in [0.15, 0.2) is 11.5 Å². The van der Waals surface area contributed by atoms with E-state index in [0.717, 1.165) is 49.5 Å². The summed E-state index contributed by atoms with van der Waals surface area (Å²) in [4.78, 5) is 41.9. The Bertz CT molecular complexity index is 2220. The van der Waals surface area contributed by atoms with Gasteiger partial charge < -0.3 is 23.9 Å². The van der Waals surface area contributed by atoms with Crippen molar-refractivity contribution in [1.29, 1.82) is 0 Å². The Balaban J connectivity index is 1.08. The fourth-order valence-corrected chi connectivity index (χ4v) is 6.14. The van der Waals surface area contributed by atoms with E-state index < -0.39 is 0 Å². The number of hydrogen-bond acceptors (Lipinski definition) is 6. The molecule has 9 nitrogen and oxygen atoms in total. The first kappa shape index (κ1) is 33.2. The van der Waals surface area contributed by atoms with Gasteiger partial charge in [0.25, 0.3) is 17.0 Å². The van der Waals surface area contributed by atoms with Crippen LogP contribution in [0.4, 0.5) is 5.69 Å². The molecule has 0 aliphatic carbocycles. The van der Waals surface area contributed by atoms with Gasteiger partial charge in [-0.2, -0.15) is 0 Å². The summed E-state index contributed by atoms with van der Waals surface area (Å²) in [6.07, 6.45) is 5.24. The Morgan fingerprint density at radius 2 is 1.33 bits per heavy atom. The van der Waals surface area contributed by atoms with Crippen molar-refractivity contribution in [3.05, 3.63) is 156 Å². The van der Waals surface area contributed by atoms with E-state index in [-0.39, 0.29) is 22.4 Å². The average molecular weight is 657 g/mol. The molecular formula is C40H40N4O5. The highest BCUT2D eigenvalue weighted by atomic mass is 16.5. The van der Waals surface area contributed by atoms with Gasteiger partial charge in [-0.3, -0.25) is 19.3 Å². The number of hydrogen-bond donors (Lipinski definition) is 1. The van der Waals surface area contributed by atoms with Gasteiger partial charge in [0, 0.05) is 45.0 Å². The molecule has 4 aromatic carbocycles. The number of fused-ring (bicyclic) bond motifs is 1. The molecule has 2 heterocycles. The normalized spacial score (nSPS) is 13.6. The number of benzene rings is 4. The van der Waals surface area contributed by atoms with Crippen LogP contribution in [-0.4, -0.2) is 47.3 Å². The van der Waals surface area contributed by atoms with Crippen molar-refractivity contribution in [3.8, 4) is 11.5 Å². The first-order chi connectivity index (χ1) is 23.7. The number of amides is 1. The molecule has 1 aliphatic heterocycles. The van der Waals surface area contributed by atoms with Crippen LogP contribution in [-0.2, 0) is 33.5 Å². The number of carbonyl (C=O) groups excluding carboxylic acids is 1. The predicted octanol–water partition coefficient (Wildman–Crippen LogP) is 3.61. The first-order valence-corrected chi connectivity index (χ1v) is 16.2. The molecule has 0 unspecified atom stereocenters. The smallest absolute Gasteiger partial charge is 0.274 e. The number of ether oxygens (including phenoxy) is 2. The van der Waals surface area contributed by atoms with Gasteiger partial charge in [0.2, 0.25) is 0 Å². The molecule has 0 fully saturated rings. The zero-order chi connectivity index (χ0) is 34.5. The van der Waals surface area contributed by atoms with Gasteiger partial charge in [-0.1, -0.05) is 54.6 Å². The van der Waals surface area contributed by atoms with E-state index in [2.05, 4.69) is 22.3 Å². The van der Waals surface area contributed by atoms with Crippen LogP contribution < -0.4 is 36.6 Å². The van der Waals surface area contributed by atoms with Gasteiger partial charge in [0.05, 0.1) is 14.2 Å². The molecular weight excluding hydrogens is 616 g/mol. The zero-order valence-electron chi connectivity index (χ0n) is 28.2. The van der Waals surface area contributed by atoms with Crippen LogP contribution in [0, 0.1) is 0 Å². The highest BCUT2D eigenvalue weighted by Crippen LogP contribution is 2.33. The lowest BCUT2D eigenvalue weighted by Gasteiger charge is -2.29. The molecule has 1 aliphatic rings. The average Bonchev–Trinajstić information content (AvgIpc) is 3.14. The van der Waals surface area contributed by atoms with Crippen LogP contribution in [0.25, 0.3) is 12.2 Å². The lowest BCUT2D eigenvalue weighted by Crippen LogP contribution is -2.56. The van der Waals surface area contributed by atoms with Crippen LogP contribution in [0.3, 0.4) is 0 Å². The van der Waals surface area contributed by atoms with Crippen molar-refractivity contribution in [2.24, 2.45) is 14.1 Å².